The van der Waals surface area contributed by atoms with E-state index in [4.69, 9.17) is 19.1 Å². The Hall–Kier alpha value is -3.21. The first-order valence-corrected chi connectivity index (χ1v) is 19.9. The number of non-ortho nitro benzene ring substituents is 1. The number of fused-ring (bicyclic) bond motifs is 1. The maximum absolute atomic E-state index is 12.6. The third-order valence-electron chi connectivity index (χ3n) is 8.24. The standard InChI is InChI=1S/C34H57N4O13P/c1-2-3-4-5-6-7-8-9-10-11-12-13-15-18-31(41)47-25-28(26-49-52(45,46)48-24-27(40)23-39)50-32(42)19-16-14-17-22-35-29-20-21-30(38(43)44)34-33(29)36-51-37-34/h20-21,27-28,35,39-40H,2-19,22-26H2,1H3,(H,45,46)/t27-,28+/m0/s1. The molecule has 1 aromatic heterocycles. The Morgan fingerprint density at radius 2 is 1.40 bits per heavy atom. The number of rotatable bonds is 32. The molecule has 3 atom stereocenters. The van der Waals surface area contributed by atoms with E-state index in [9.17, 15) is 34.3 Å². The predicted octanol–water partition coefficient (Wildman–Crippen LogP) is 6.53. The van der Waals surface area contributed by atoms with Crippen molar-refractivity contribution in [3.8, 4) is 0 Å². The fourth-order valence-corrected chi connectivity index (χ4v) is 6.08. The van der Waals surface area contributed by atoms with Gasteiger partial charge in [0.05, 0.1) is 30.4 Å². The molecule has 296 valence electrons. The van der Waals surface area contributed by atoms with Crippen LogP contribution in [0.2, 0.25) is 0 Å². The van der Waals surface area contributed by atoms with Gasteiger partial charge in [0.25, 0.3) is 0 Å². The number of nitro benzene ring substituents is 1. The Balaban J connectivity index is 1.70. The summed E-state index contributed by atoms with van der Waals surface area (Å²) in [5.41, 5.74) is 0.569. The van der Waals surface area contributed by atoms with Gasteiger partial charge in [0.15, 0.2) is 11.6 Å². The maximum Gasteiger partial charge on any atom is 0.472 e. The number of aliphatic hydroxyl groups is 2. The van der Waals surface area contributed by atoms with Crippen molar-refractivity contribution in [2.24, 2.45) is 0 Å². The molecule has 0 spiro atoms. The number of nitro groups is 1. The fraction of sp³-hybridized carbons (Fsp3) is 0.765. The lowest BCUT2D eigenvalue weighted by atomic mass is 10.0. The summed E-state index contributed by atoms with van der Waals surface area (Å²) in [4.78, 5) is 45.5. The summed E-state index contributed by atoms with van der Waals surface area (Å²) in [5, 5.41) is 39.9. The van der Waals surface area contributed by atoms with Crippen LogP contribution in [0.3, 0.4) is 0 Å². The topological polar surface area (TPSA) is 243 Å². The van der Waals surface area contributed by atoms with Crippen molar-refractivity contribution in [1.82, 2.24) is 10.3 Å². The molecule has 0 radical (unpaired) electrons. The number of carbonyl (C=O) groups excluding carboxylic acids is 2. The zero-order valence-corrected chi connectivity index (χ0v) is 31.2. The molecule has 0 amide bonds. The monoisotopic (exact) mass is 760 g/mol. The second kappa shape index (κ2) is 26.5. The summed E-state index contributed by atoms with van der Waals surface area (Å²) in [5.74, 6) is -1.12. The van der Waals surface area contributed by atoms with Crippen molar-refractivity contribution in [3.05, 3.63) is 22.2 Å². The molecule has 0 bridgehead atoms. The van der Waals surface area contributed by atoms with Gasteiger partial charge in [-0.2, -0.15) is 0 Å². The third kappa shape index (κ3) is 19.6. The molecule has 1 aromatic carbocycles. The van der Waals surface area contributed by atoms with Crippen LogP contribution in [0.15, 0.2) is 16.8 Å². The molecular weight excluding hydrogens is 703 g/mol. The van der Waals surface area contributed by atoms with Gasteiger partial charge in [-0.1, -0.05) is 90.4 Å². The average molecular weight is 761 g/mol. The van der Waals surface area contributed by atoms with E-state index in [0.29, 0.717) is 37.9 Å². The number of nitrogens with zero attached hydrogens (tertiary/aromatic N) is 3. The minimum absolute atomic E-state index is 0.00830. The highest BCUT2D eigenvalue weighted by molar-refractivity contribution is 7.47. The zero-order chi connectivity index (χ0) is 38.0. The van der Waals surface area contributed by atoms with Crippen LogP contribution in [-0.2, 0) is 32.7 Å². The van der Waals surface area contributed by atoms with E-state index in [1.165, 1.54) is 69.9 Å². The van der Waals surface area contributed by atoms with Gasteiger partial charge in [-0.25, -0.2) is 9.19 Å². The number of carbonyl (C=O) groups is 2. The van der Waals surface area contributed by atoms with Gasteiger partial charge in [0, 0.05) is 25.5 Å². The lowest BCUT2D eigenvalue weighted by Crippen LogP contribution is -2.29. The van der Waals surface area contributed by atoms with Crippen LogP contribution in [0, 0.1) is 10.1 Å². The van der Waals surface area contributed by atoms with E-state index < -0.39 is 63.3 Å². The number of phosphoric ester groups is 1. The summed E-state index contributed by atoms with van der Waals surface area (Å²) in [7, 11) is -4.68. The minimum Gasteiger partial charge on any atom is -0.462 e. The molecule has 0 aliphatic rings. The van der Waals surface area contributed by atoms with Crippen molar-refractivity contribution in [2.45, 2.75) is 135 Å². The average Bonchev–Trinajstić information content (AvgIpc) is 3.62. The second-order valence-electron chi connectivity index (χ2n) is 12.8. The van der Waals surface area contributed by atoms with Crippen molar-refractivity contribution in [2.75, 3.05) is 38.3 Å². The van der Waals surface area contributed by atoms with Crippen LogP contribution in [0.1, 0.15) is 122 Å². The molecule has 1 unspecified atom stereocenters. The molecule has 0 aliphatic carbocycles. The Bertz CT molecular complexity index is 1360. The molecular formula is C34H57N4O13P. The number of aromatic nitrogens is 2. The molecule has 17 nitrogen and oxygen atoms in total. The van der Waals surface area contributed by atoms with Gasteiger partial charge in [0.2, 0.25) is 5.52 Å². The molecule has 2 aromatic rings. The van der Waals surface area contributed by atoms with E-state index in [1.54, 1.807) is 0 Å². The van der Waals surface area contributed by atoms with Crippen LogP contribution in [0.25, 0.3) is 11.0 Å². The number of aliphatic hydroxyl groups excluding tert-OH is 2. The van der Waals surface area contributed by atoms with Crippen LogP contribution in [0.4, 0.5) is 11.4 Å². The molecule has 18 heteroatoms. The van der Waals surface area contributed by atoms with Crippen molar-refractivity contribution in [1.29, 1.82) is 0 Å². The van der Waals surface area contributed by atoms with Crippen molar-refractivity contribution < 1.29 is 57.3 Å². The van der Waals surface area contributed by atoms with E-state index in [2.05, 4.69) is 31.7 Å². The van der Waals surface area contributed by atoms with Gasteiger partial charge in [-0.15, -0.1) is 0 Å². The number of nitrogens with one attached hydrogen (secondary N) is 1. The predicted molar refractivity (Wildman–Crippen MR) is 191 cm³/mol. The molecule has 1 heterocycles. The number of anilines is 1. The summed E-state index contributed by atoms with van der Waals surface area (Å²) in [6.07, 6.45) is 14.5. The summed E-state index contributed by atoms with van der Waals surface area (Å²) in [6, 6.07) is 2.82. The third-order valence-corrected chi connectivity index (χ3v) is 9.19. The molecule has 4 N–H and O–H groups in total. The number of esters is 2. The SMILES string of the molecule is CCCCCCCCCCCCCCCC(=O)OC[C@H](COP(=O)(O)OC[C@@H](O)CO)OC(=O)CCCCCNc1ccc([N+](=O)[O-])c2nonc12. The number of hydrogen-bond donors (Lipinski definition) is 4. The Labute approximate surface area is 304 Å². The fourth-order valence-electron chi connectivity index (χ4n) is 5.29. The normalized spacial score (nSPS) is 13.8. The highest BCUT2D eigenvalue weighted by Crippen LogP contribution is 2.43. The lowest BCUT2D eigenvalue weighted by Gasteiger charge is -2.20. The van der Waals surface area contributed by atoms with Gasteiger partial charge in [-0.3, -0.25) is 28.8 Å². The smallest absolute Gasteiger partial charge is 0.462 e. The second-order valence-corrected chi connectivity index (χ2v) is 14.2. The highest BCUT2D eigenvalue weighted by atomic mass is 31.2. The van der Waals surface area contributed by atoms with E-state index in [1.807, 2.05) is 0 Å². The van der Waals surface area contributed by atoms with E-state index in [-0.39, 0.29) is 29.6 Å². The van der Waals surface area contributed by atoms with Crippen molar-refractivity contribution in [3.63, 3.8) is 0 Å². The lowest BCUT2D eigenvalue weighted by molar-refractivity contribution is -0.383. The van der Waals surface area contributed by atoms with E-state index >= 15 is 0 Å². The first kappa shape index (κ1) is 44.9. The van der Waals surface area contributed by atoms with Crippen LogP contribution in [-0.4, -0.2) is 87.5 Å². The maximum atomic E-state index is 12.6. The minimum atomic E-state index is -4.68. The molecule has 52 heavy (non-hydrogen) atoms. The van der Waals surface area contributed by atoms with E-state index in [0.717, 1.165) is 19.3 Å². The first-order chi connectivity index (χ1) is 25.1. The van der Waals surface area contributed by atoms with Crippen LogP contribution in [0.5, 0.6) is 0 Å². The summed E-state index contributed by atoms with van der Waals surface area (Å²) < 4.78 is 37.1. The molecule has 0 saturated heterocycles. The highest BCUT2D eigenvalue weighted by Gasteiger charge is 2.27. The van der Waals surface area contributed by atoms with Gasteiger partial charge in [-0.05, 0) is 35.6 Å². The number of unbranched alkanes of at least 4 members (excludes halogenated alkanes) is 14. The summed E-state index contributed by atoms with van der Waals surface area (Å²) in [6.45, 7) is 0.323. The van der Waals surface area contributed by atoms with Crippen LogP contribution >= 0.6 is 7.82 Å². The Kier molecular flexibility index (Phi) is 22.9. The van der Waals surface area contributed by atoms with Crippen LogP contribution < -0.4 is 5.32 Å². The van der Waals surface area contributed by atoms with Crippen molar-refractivity contribution >= 4 is 42.2 Å². The van der Waals surface area contributed by atoms with Gasteiger partial charge in [0.1, 0.15) is 12.7 Å². The number of benzene rings is 1. The van der Waals surface area contributed by atoms with Gasteiger partial charge >= 0.3 is 25.4 Å². The largest absolute Gasteiger partial charge is 0.472 e. The molecule has 2 rings (SSSR count). The Morgan fingerprint density at radius 1 is 0.846 bits per heavy atom. The summed E-state index contributed by atoms with van der Waals surface area (Å²) >= 11 is 0. The molecule has 0 aliphatic heterocycles. The molecule has 0 saturated carbocycles. The number of phosphoric acid groups is 1. The quantitative estimate of drug-likeness (QED) is 0.0204. The van der Waals surface area contributed by atoms with Gasteiger partial charge < -0.3 is 29.9 Å². The first-order valence-electron chi connectivity index (χ1n) is 18.5. The molecule has 0 fully saturated rings. The zero-order valence-electron chi connectivity index (χ0n) is 30.3. The number of hydrogen-bond acceptors (Lipinski definition) is 15. The Morgan fingerprint density at radius 3 is 2.02 bits per heavy atom. The number of ether oxygens (including phenoxy) is 2.